The van der Waals surface area contributed by atoms with Gasteiger partial charge in [-0.15, -0.1) is 0 Å². The third kappa shape index (κ3) is 2.82. The number of benzene rings is 1. The highest BCUT2D eigenvalue weighted by molar-refractivity contribution is 7.99. The Bertz CT molecular complexity index is 821. The van der Waals surface area contributed by atoms with Gasteiger partial charge in [0.1, 0.15) is 5.03 Å². The van der Waals surface area contributed by atoms with Crippen molar-refractivity contribution >= 4 is 28.6 Å². The predicted molar refractivity (Wildman–Crippen MR) is 77.4 cm³/mol. The lowest BCUT2D eigenvalue weighted by Crippen LogP contribution is -2.05. The average Bonchev–Trinajstić information content (AvgIpc) is 2.49. The summed E-state index contributed by atoms with van der Waals surface area (Å²) in [4.78, 5) is 27.6. The van der Waals surface area contributed by atoms with E-state index in [-0.39, 0.29) is 5.82 Å². The molecular weight excluding hydrogens is 288 g/mol. The summed E-state index contributed by atoms with van der Waals surface area (Å²) in [5.41, 5.74) is 1.54. The number of fused-ring (bicyclic) bond motifs is 1. The van der Waals surface area contributed by atoms with E-state index >= 15 is 0 Å². The molecule has 3 aromatic rings. The van der Waals surface area contributed by atoms with E-state index in [0.717, 1.165) is 10.9 Å². The number of hydrogen-bond acceptors (Lipinski definition) is 6. The summed E-state index contributed by atoms with van der Waals surface area (Å²) in [6.07, 6.45) is 3.41. The fourth-order valence-electron chi connectivity index (χ4n) is 1.74. The molecule has 0 atom stereocenters. The highest BCUT2D eigenvalue weighted by Gasteiger charge is 2.14. The number of para-hydroxylation sites is 1. The van der Waals surface area contributed by atoms with Crippen molar-refractivity contribution in [3.8, 4) is 0 Å². The zero-order chi connectivity index (χ0) is 14.8. The summed E-state index contributed by atoms with van der Waals surface area (Å²) in [6.45, 7) is 1.90. The van der Waals surface area contributed by atoms with Gasteiger partial charge in [0.15, 0.2) is 5.16 Å². The molecule has 0 aliphatic rings. The molecule has 104 valence electrons. The van der Waals surface area contributed by atoms with Gasteiger partial charge in [0.25, 0.3) is 0 Å². The molecule has 3 rings (SSSR count). The smallest absolute Gasteiger partial charge is 0.373 e. The van der Waals surface area contributed by atoms with Crippen molar-refractivity contribution in [2.75, 3.05) is 0 Å². The molecule has 0 amide bonds. The highest BCUT2D eigenvalue weighted by Crippen LogP contribution is 2.29. The number of carboxylic acid groups (broad SMARTS) is 1. The largest absolute Gasteiger partial charge is 0.475 e. The van der Waals surface area contributed by atoms with Crippen LogP contribution in [0.4, 0.5) is 0 Å². The number of carbonyl (C=O) groups is 1. The molecule has 0 fully saturated rings. The maximum Gasteiger partial charge on any atom is 0.373 e. The van der Waals surface area contributed by atoms with Gasteiger partial charge >= 0.3 is 5.97 Å². The Kier molecular flexibility index (Phi) is 3.49. The van der Waals surface area contributed by atoms with Gasteiger partial charge in [0.2, 0.25) is 5.82 Å². The molecule has 0 saturated heterocycles. The third-order valence-electron chi connectivity index (χ3n) is 2.70. The van der Waals surface area contributed by atoms with Crippen LogP contribution in [0.15, 0.2) is 46.8 Å². The van der Waals surface area contributed by atoms with E-state index in [4.69, 9.17) is 5.11 Å². The van der Waals surface area contributed by atoms with Crippen LogP contribution >= 0.6 is 11.8 Å². The van der Waals surface area contributed by atoms with Crippen LogP contribution in [0, 0.1) is 6.92 Å². The molecule has 0 radical (unpaired) electrons. The first kappa shape index (κ1) is 13.4. The van der Waals surface area contributed by atoms with E-state index in [1.54, 1.807) is 24.5 Å². The lowest BCUT2D eigenvalue weighted by molar-refractivity contribution is 0.0683. The topological polar surface area (TPSA) is 88.9 Å². The first-order chi connectivity index (χ1) is 10.1. The molecule has 0 saturated carbocycles. The van der Waals surface area contributed by atoms with Crippen molar-refractivity contribution in [1.29, 1.82) is 0 Å². The van der Waals surface area contributed by atoms with Crippen LogP contribution in [0.2, 0.25) is 0 Å². The van der Waals surface area contributed by atoms with Gasteiger partial charge in [0.05, 0.1) is 5.52 Å². The van der Waals surface area contributed by atoms with E-state index in [0.29, 0.717) is 15.7 Å². The molecule has 0 aliphatic heterocycles. The summed E-state index contributed by atoms with van der Waals surface area (Å²) >= 11 is 1.22. The zero-order valence-electron chi connectivity index (χ0n) is 11.0. The number of rotatable bonds is 3. The van der Waals surface area contributed by atoms with Crippen LogP contribution in [0.3, 0.4) is 0 Å². The average molecular weight is 298 g/mol. The lowest BCUT2D eigenvalue weighted by Gasteiger charge is -2.05. The maximum absolute atomic E-state index is 11.1. The van der Waals surface area contributed by atoms with Crippen LogP contribution in [0.25, 0.3) is 10.9 Å². The summed E-state index contributed by atoms with van der Waals surface area (Å²) in [6, 6.07) is 7.25. The molecule has 0 spiro atoms. The first-order valence-corrected chi connectivity index (χ1v) is 6.92. The maximum atomic E-state index is 11.1. The fraction of sp³-hybridized carbons (Fsp3) is 0.0714. The van der Waals surface area contributed by atoms with Crippen LogP contribution in [0.1, 0.15) is 16.2 Å². The van der Waals surface area contributed by atoms with Crippen molar-refractivity contribution in [3.63, 3.8) is 0 Å². The molecule has 0 unspecified atom stereocenters. The Morgan fingerprint density at radius 3 is 2.57 bits per heavy atom. The van der Waals surface area contributed by atoms with Crippen LogP contribution in [-0.2, 0) is 0 Å². The van der Waals surface area contributed by atoms with Gasteiger partial charge < -0.3 is 5.11 Å². The standard InChI is InChI=1S/C14H10N4O2S/c1-8-6-15-14(16-7-8)21-12-9-4-2-3-5-10(9)17-11(18-12)13(19)20/h2-7H,1H3,(H,19,20). The van der Waals surface area contributed by atoms with Crippen molar-refractivity contribution in [2.24, 2.45) is 0 Å². The number of aryl methyl sites for hydroxylation is 1. The first-order valence-electron chi connectivity index (χ1n) is 6.10. The van der Waals surface area contributed by atoms with E-state index < -0.39 is 5.97 Å². The van der Waals surface area contributed by atoms with E-state index in [1.807, 2.05) is 19.1 Å². The Labute approximate surface area is 124 Å². The predicted octanol–water partition coefficient (Wildman–Crippen LogP) is 2.58. The Morgan fingerprint density at radius 1 is 1.14 bits per heavy atom. The summed E-state index contributed by atoms with van der Waals surface area (Å²) in [5.74, 6) is -1.39. The fourth-order valence-corrected chi connectivity index (χ4v) is 2.54. The molecule has 6 nitrogen and oxygen atoms in total. The number of carboxylic acids is 1. The highest BCUT2D eigenvalue weighted by atomic mass is 32.2. The molecule has 21 heavy (non-hydrogen) atoms. The van der Waals surface area contributed by atoms with Gasteiger partial charge in [-0.25, -0.2) is 24.7 Å². The van der Waals surface area contributed by atoms with Crippen molar-refractivity contribution in [2.45, 2.75) is 17.1 Å². The number of hydrogen-bond donors (Lipinski definition) is 1. The molecule has 1 N–H and O–H groups in total. The van der Waals surface area contributed by atoms with Crippen LogP contribution in [0.5, 0.6) is 0 Å². The van der Waals surface area contributed by atoms with Crippen LogP contribution in [-0.4, -0.2) is 31.0 Å². The molecule has 7 heteroatoms. The molecule has 2 aromatic heterocycles. The molecule has 0 aliphatic carbocycles. The van der Waals surface area contributed by atoms with Gasteiger partial charge in [-0.1, -0.05) is 18.2 Å². The normalized spacial score (nSPS) is 10.7. The van der Waals surface area contributed by atoms with Crippen LogP contribution < -0.4 is 0 Å². The van der Waals surface area contributed by atoms with Crippen molar-refractivity contribution < 1.29 is 9.90 Å². The Morgan fingerprint density at radius 2 is 1.86 bits per heavy atom. The second kappa shape index (κ2) is 5.45. The number of nitrogens with zero attached hydrogens (tertiary/aromatic N) is 4. The molecule has 0 bridgehead atoms. The quantitative estimate of drug-likeness (QED) is 0.587. The van der Waals surface area contributed by atoms with Gasteiger partial charge in [-0.3, -0.25) is 0 Å². The van der Waals surface area contributed by atoms with Crippen molar-refractivity contribution in [3.05, 3.63) is 48.0 Å². The minimum Gasteiger partial charge on any atom is -0.475 e. The van der Waals surface area contributed by atoms with Gasteiger partial charge in [0, 0.05) is 17.8 Å². The van der Waals surface area contributed by atoms with Crippen molar-refractivity contribution in [1.82, 2.24) is 19.9 Å². The van der Waals surface area contributed by atoms with E-state index in [2.05, 4.69) is 19.9 Å². The summed E-state index contributed by atoms with van der Waals surface area (Å²) < 4.78 is 0. The Hall–Kier alpha value is -2.54. The molecular formula is C14H10N4O2S. The minimum absolute atomic E-state index is 0.233. The molecule has 1 aromatic carbocycles. The van der Waals surface area contributed by atoms with Gasteiger partial charge in [-0.2, -0.15) is 0 Å². The summed E-state index contributed by atoms with van der Waals surface area (Å²) in [5, 5.41) is 10.9. The minimum atomic E-state index is -1.16. The lowest BCUT2D eigenvalue weighted by atomic mass is 10.2. The monoisotopic (exact) mass is 298 g/mol. The summed E-state index contributed by atoms with van der Waals surface area (Å²) in [7, 11) is 0. The number of aromatic carboxylic acids is 1. The SMILES string of the molecule is Cc1cnc(Sc2nc(C(=O)O)nc3ccccc23)nc1. The van der Waals surface area contributed by atoms with Gasteiger partial charge in [-0.05, 0) is 30.3 Å². The van der Waals surface area contributed by atoms with E-state index in [1.165, 1.54) is 11.8 Å². The molecule has 2 heterocycles. The Balaban J connectivity index is 2.11. The third-order valence-corrected chi connectivity index (χ3v) is 3.60. The van der Waals surface area contributed by atoms with E-state index in [9.17, 15) is 4.79 Å². The second-order valence-corrected chi connectivity index (χ2v) is 5.28. The zero-order valence-corrected chi connectivity index (χ0v) is 11.8. The number of aromatic nitrogens is 4. The second-order valence-electron chi connectivity index (χ2n) is 4.32.